The molecule has 0 aromatic heterocycles. The van der Waals surface area contributed by atoms with Gasteiger partial charge >= 0.3 is 0 Å². The maximum absolute atomic E-state index is 12.7. The molecule has 1 saturated carbocycles. The van der Waals surface area contributed by atoms with Gasteiger partial charge in [0.15, 0.2) is 5.04 Å². The Bertz CT molecular complexity index is 697. The van der Waals surface area contributed by atoms with Crippen LogP contribution in [-0.2, 0) is 4.79 Å². The van der Waals surface area contributed by atoms with Crippen LogP contribution in [0.25, 0.3) is 0 Å². The molecule has 5 heteroatoms. The molecule has 1 aliphatic rings. The summed E-state index contributed by atoms with van der Waals surface area (Å²) in [6.45, 7) is 0. The molecule has 1 amide bonds. The fourth-order valence-corrected chi connectivity index (χ4v) is 3.95. The van der Waals surface area contributed by atoms with Crippen molar-refractivity contribution < 1.29 is 4.79 Å². The average Bonchev–Trinajstić information content (AvgIpc) is 2.67. The number of carbonyl (C=O) groups excluding carboxylic acids is 1. The average molecular weight is 353 g/mol. The van der Waals surface area contributed by atoms with Gasteiger partial charge in [-0.05, 0) is 37.1 Å². The van der Waals surface area contributed by atoms with Crippen LogP contribution in [0.2, 0.25) is 0 Å². The number of nitrogens with one attached hydrogen (secondary N) is 2. The van der Waals surface area contributed by atoms with E-state index in [1.54, 1.807) is 11.8 Å². The number of carbonyl (C=O) groups is 1. The van der Waals surface area contributed by atoms with Crippen LogP contribution < -0.4 is 10.7 Å². The van der Waals surface area contributed by atoms with E-state index in [1.807, 2.05) is 60.7 Å². The highest BCUT2D eigenvalue weighted by Gasteiger charge is 2.21. The maximum Gasteiger partial charge on any atom is 0.282 e. The summed E-state index contributed by atoms with van der Waals surface area (Å²) in [4.78, 5) is 12.7. The molecular weight excluding hydrogens is 330 g/mol. The minimum Gasteiger partial charge on any atom is -0.320 e. The molecule has 0 aliphatic heterocycles. The van der Waals surface area contributed by atoms with Crippen LogP contribution in [0.5, 0.6) is 0 Å². The van der Waals surface area contributed by atoms with Crippen LogP contribution in [0.15, 0.2) is 65.8 Å². The Labute approximate surface area is 153 Å². The minimum absolute atomic E-state index is 0.162. The van der Waals surface area contributed by atoms with Gasteiger partial charge < -0.3 is 5.32 Å². The van der Waals surface area contributed by atoms with Crippen molar-refractivity contribution >= 4 is 34.1 Å². The second-order valence-corrected chi connectivity index (χ2v) is 7.38. The number of benzene rings is 2. The summed E-state index contributed by atoms with van der Waals surface area (Å²) in [5.74, 6) is -0.162. The first-order valence-corrected chi connectivity index (χ1v) is 9.61. The van der Waals surface area contributed by atoms with Gasteiger partial charge in [0, 0.05) is 10.9 Å². The molecule has 130 valence electrons. The first kappa shape index (κ1) is 17.5. The maximum atomic E-state index is 12.7. The third kappa shape index (κ3) is 5.64. The smallest absolute Gasteiger partial charge is 0.282 e. The summed E-state index contributed by atoms with van der Waals surface area (Å²) in [6, 6.07) is 19.2. The molecule has 0 bridgehead atoms. The van der Waals surface area contributed by atoms with Crippen LogP contribution in [0.3, 0.4) is 0 Å². The number of para-hydroxylation sites is 2. The van der Waals surface area contributed by atoms with Crippen molar-refractivity contribution in [2.75, 3.05) is 10.7 Å². The number of nitrogens with zero attached hydrogens (tertiary/aromatic N) is 1. The fourth-order valence-electron chi connectivity index (χ4n) is 2.81. The third-order valence-electron chi connectivity index (χ3n) is 4.12. The molecule has 0 atom stereocenters. The molecule has 1 fully saturated rings. The van der Waals surface area contributed by atoms with Crippen molar-refractivity contribution in [1.29, 1.82) is 0 Å². The highest BCUT2D eigenvalue weighted by Crippen LogP contribution is 2.29. The van der Waals surface area contributed by atoms with Gasteiger partial charge in [-0.15, -0.1) is 0 Å². The minimum atomic E-state index is -0.162. The monoisotopic (exact) mass is 353 g/mol. The zero-order chi connectivity index (χ0) is 17.3. The van der Waals surface area contributed by atoms with Crippen molar-refractivity contribution in [3.05, 3.63) is 60.7 Å². The number of rotatable bonds is 4. The second kappa shape index (κ2) is 9.28. The Kier molecular flexibility index (Phi) is 6.51. The fraction of sp³-hybridized carbons (Fsp3) is 0.300. The van der Waals surface area contributed by atoms with Crippen molar-refractivity contribution in [2.24, 2.45) is 5.10 Å². The molecular formula is C20H23N3OS. The first-order chi connectivity index (χ1) is 12.3. The standard InChI is InChI=1S/C20H23N3OS/c24-19(21-16-10-4-1-5-11-16)20(25-18-14-8-3-9-15-18)23-22-17-12-6-2-7-13-17/h1-2,4-7,10-13,18,22H,3,8-9,14-15H2,(H,21,24)/b23-20+. The van der Waals surface area contributed by atoms with Crippen molar-refractivity contribution in [3.63, 3.8) is 0 Å². The summed E-state index contributed by atoms with van der Waals surface area (Å²) in [6.07, 6.45) is 6.05. The summed E-state index contributed by atoms with van der Waals surface area (Å²) in [5, 5.41) is 8.29. The Morgan fingerprint density at radius 1 is 0.880 bits per heavy atom. The molecule has 2 aromatic carbocycles. The van der Waals surface area contributed by atoms with E-state index in [-0.39, 0.29) is 5.91 Å². The lowest BCUT2D eigenvalue weighted by atomic mass is 10.0. The normalized spacial score (nSPS) is 15.6. The SMILES string of the molecule is O=C(Nc1ccccc1)/C(=N\Nc1ccccc1)SC1CCCCC1. The Hall–Kier alpha value is -2.27. The largest absolute Gasteiger partial charge is 0.320 e. The lowest BCUT2D eigenvalue weighted by Crippen LogP contribution is -2.24. The number of thioether (sulfide) groups is 1. The topological polar surface area (TPSA) is 53.5 Å². The van der Waals surface area contributed by atoms with E-state index < -0.39 is 0 Å². The highest BCUT2D eigenvalue weighted by atomic mass is 32.2. The summed E-state index contributed by atoms with van der Waals surface area (Å²) in [7, 11) is 0. The third-order valence-corrected chi connectivity index (χ3v) is 5.42. The van der Waals surface area contributed by atoms with E-state index >= 15 is 0 Å². The molecule has 2 N–H and O–H groups in total. The Morgan fingerprint density at radius 3 is 2.12 bits per heavy atom. The lowest BCUT2D eigenvalue weighted by molar-refractivity contribution is -0.110. The number of amides is 1. The molecule has 2 aromatic rings. The number of hydrogen-bond donors (Lipinski definition) is 2. The number of hydrogen-bond acceptors (Lipinski definition) is 4. The van der Waals surface area contributed by atoms with Crippen LogP contribution in [-0.4, -0.2) is 16.2 Å². The van der Waals surface area contributed by atoms with Gasteiger partial charge in [-0.3, -0.25) is 10.2 Å². The van der Waals surface area contributed by atoms with Gasteiger partial charge in [0.2, 0.25) is 0 Å². The Morgan fingerprint density at radius 2 is 1.48 bits per heavy atom. The molecule has 25 heavy (non-hydrogen) atoms. The quantitative estimate of drug-likeness (QED) is 0.456. The summed E-state index contributed by atoms with van der Waals surface area (Å²) in [5.41, 5.74) is 4.66. The molecule has 1 aliphatic carbocycles. The van der Waals surface area contributed by atoms with E-state index in [9.17, 15) is 4.79 Å². The summed E-state index contributed by atoms with van der Waals surface area (Å²) < 4.78 is 0. The zero-order valence-electron chi connectivity index (χ0n) is 14.2. The van der Waals surface area contributed by atoms with Gasteiger partial charge in [0.25, 0.3) is 5.91 Å². The summed E-state index contributed by atoms with van der Waals surface area (Å²) >= 11 is 1.59. The Balaban J connectivity index is 1.71. The van der Waals surface area contributed by atoms with E-state index in [1.165, 1.54) is 19.3 Å². The van der Waals surface area contributed by atoms with Crippen molar-refractivity contribution in [1.82, 2.24) is 0 Å². The highest BCUT2D eigenvalue weighted by molar-refractivity contribution is 8.16. The predicted octanol–water partition coefficient (Wildman–Crippen LogP) is 5.12. The molecule has 0 heterocycles. The van der Waals surface area contributed by atoms with Crippen LogP contribution >= 0.6 is 11.8 Å². The van der Waals surface area contributed by atoms with Gasteiger partial charge in [0.1, 0.15) is 0 Å². The van der Waals surface area contributed by atoms with E-state index in [0.29, 0.717) is 10.3 Å². The molecule has 0 unspecified atom stereocenters. The van der Waals surface area contributed by atoms with Crippen molar-refractivity contribution in [3.8, 4) is 0 Å². The zero-order valence-corrected chi connectivity index (χ0v) is 15.0. The molecule has 0 saturated heterocycles. The van der Waals surface area contributed by atoms with E-state index in [0.717, 1.165) is 24.2 Å². The van der Waals surface area contributed by atoms with Gasteiger partial charge in [-0.2, -0.15) is 5.10 Å². The van der Waals surface area contributed by atoms with Crippen LogP contribution in [0.4, 0.5) is 11.4 Å². The number of anilines is 2. The van der Waals surface area contributed by atoms with Crippen LogP contribution in [0.1, 0.15) is 32.1 Å². The van der Waals surface area contributed by atoms with Gasteiger partial charge in [-0.25, -0.2) is 0 Å². The number of hydrazone groups is 1. The van der Waals surface area contributed by atoms with Crippen molar-refractivity contribution in [2.45, 2.75) is 37.4 Å². The van der Waals surface area contributed by atoms with Gasteiger partial charge in [0.05, 0.1) is 5.69 Å². The molecule has 0 radical (unpaired) electrons. The lowest BCUT2D eigenvalue weighted by Gasteiger charge is -2.21. The second-order valence-electron chi connectivity index (χ2n) is 6.09. The molecule has 3 rings (SSSR count). The molecule has 4 nitrogen and oxygen atoms in total. The van der Waals surface area contributed by atoms with E-state index in [4.69, 9.17) is 0 Å². The predicted molar refractivity (Wildman–Crippen MR) is 107 cm³/mol. The van der Waals surface area contributed by atoms with Crippen LogP contribution in [0, 0.1) is 0 Å². The first-order valence-electron chi connectivity index (χ1n) is 8.73. The van der Waals surface area contributed by atoms with E-state index in [2.05, 4.69) is 15.8 Å². The van der Waals surface area contributed by atoms with Gasteiger partial charge in [-0.1, -0.05) is 67.4 Å². The molecule has 0 spiro atoms.